The van der Waals surface area contributed by atoms with E-state index >= 15 is 0 Å². The van der Waals surface area contributed by atoms with Gasteiger partial charge in [-0.1, -0.05) is 6.42 Å². The molecule has 1 aliphatic carbocycles. The molecule has 5 heteroatoms. The zero-order chi connectivity index (χ0) is 13.1. The van der Waals surface area contributed by atoms with Crippen molar-refractivity contribution in [1.29, 1.82) is 0 Å². The van der Waals surface area contributed by atoms with Gasteiger partial charge in [0.05, 0.1) is 6.42 Å². The summed E-state index contributed by atoms with van der Waals surface area (Å²) in [6.07, 6.45) is 2.29. The van der Waals surface area contributed by atoms with Crippen LogP contribution in [0.15, 0.2) is 0 Å². The van der Waals surface area contributed by atoms with Crippen LogP contribution < -0.4 is 5.32 Å². The summed E-state index contributed by atoms with van der Waals surface area (Å²) in [4.78, 5) is 22.2. The van der Waals surface area contributed by atoms with E-state index in [1.165, 1.54) is 0 Å². The summed E-state index contributed by atoms with van der Waals surface area (Å²) in [5, 5.41) is 11.5. The topological polar surface area (TPSA) is 75.6 Å². The highest BCUT2D eigenvalue weighted by Crippen LogP contribution is 2.28. The molecule has 1 rings (SSSR count). The molecule has 1 saturated carbocycles. The molecule has 2 atom stereocenters. The van der Waals surface area contributed by atoms with Crippen molar-refractivity contribution < 1.29 is 19.4 Å². The molecule has 0 aromatic carbocycles. The monoisotopic (exact) mass is 243 g/mol. The summed E-state index contributed by atoms with van der Waals surface area (Å²) in [6, 6.07) is -0.0686. The molecule has 1 aliphatic rings. The number of amides is 1. The van der Waals surface area contributed by atoms with Gasteiger partial charge in [-0.05, 0) is 39.5 Å². The van der Waals surface area contributed by atoms with Gasteiger partial charge in [0, 0.05) is 6.04 Å². The first-order valence-corrected chi connectivity index (χ1v) is 5.99. The Balaban J connectivity index is 2.44. The largest absolute Gasteiger partial charge is 0.481 e. The molecular formula is C12H21NO4. The molecule has 1 fully saturated rings. The maximum absolute atomic E-state index is 11.6. The lowest BCUT2D eigenvalue weighted by Crippen LogP contribution is -2.41. The van der Waals surface area contributed by atoms with Crippen molar-refractivity contribution in [2.75, 3.05) is 0 Å². The van der Waals surface area contributed by atoms with Gasteiger partial charge in [-0.2, -0.15) is 0 Å². The maximum Gasteiger partial charge on any atom is 0.407 e. The summed E-state index contributed by atoms with van der Waals surface area (Å²) in [7, 11) is 0. The van der Waals surface area contributed by atoms with E-state index < -0.39 is 17.7 Å². The van der Waals surface area contributed by atoms with Gasteiger partial charge in [0.25, 0.3) is 0 Å². The van der Waals surface area contributed by atoms with E-state index in [-0.39, 0.29) is 18.4 Å². The normalized spacial score (nSPS) is 24.4. The van der Waals surface area contributed by atoms with Crippen LogP contribution in [0.2, 0.25) is 0 Å². The lowest BCUT2D eigenvalue weighted by atomic mass is 10.00. The lowest BCUT2D eigenvalue weighted by Gasteiger charge is -2.24. The van der Waals surface area contributed by atoms with E-state index in [2.05, 4.69) is 5.32 Å². The van der Waals surface area contributed by atoms with E-state index in [0.29, 0.717) is 0 Å². The highest BCUT2D eigenvalue weighted by Gasteiger charge is 2.31. The number of carbonyl (C=O) groups is 2. The minimum Gasteiger partial charge on any atom is -0.481 e. The van der Waals surface area contributed by atoms with Crippen molar-refractivity contribution >= 4 is 12.1 Å². The predicted molar refractivity (Wildman–Crippen MR) is 62.8 cm³/mol. The molecule has 98 valence electrons. The Morgan fingerprint density at radius 2 is 2.00 bits per heavy atom. The Morgan fingerprint density at radius 3 is 2.53 bits per heavy atom. The number of hydrogen-bond donors (Lipinski definition) is 2. The van der Waals surface area contributed by atoms with E-state index in [1.54, 1.807) is 20.8 Å². The molecule has 0 unspecified atom stereocenters. The summed E-state index contributed by atoms with van der Waals surface area (Å²) < 4.78 is 5.16. The third-order valence-corrected chi connectivity index (χ3v) is 2.80. The van der Waals surface area contributed by atoms with Gasteiger partial charge in [-0.15, -0.1) is 0 Å². The fraction of sp³-hybridized carbons (Fsp3) is 0.833. The minimum atomic E-state index is -0.812. The Kier molecular flexibility index (Phi) is 4.37. The fourth-order valence-corrected chi connectivity index (χ4v) is 2.15. The first-order valence-electron chi connectivity index (χ1n) is 5.99. The summed E-state index contributed by atoms with van der Waals surface area (Å²) in [5.41, 5.74) is -0.523. The molecule has 2 N–H and O–H groups in total. The van der Waals surface area contributed by atoms with Gasteiger partial charge in [-0.3, -0.25) is 4.79 Å². The van der Waals surface area contributed by atoms with Crippen molar-refractivity contribution in [2.24, 2.45) is 5.92 Å². The molecule has 1 amide bonds. The van der Waals surface area contributed by atoms with Gasteiger partial charge in [0.2, 0.25) is 0 Å². The number of rotatable bonds is 3. The molecule has 0 bridgehead atoms. The van der Waals surface area contributed by atoms with Gasteiger partial charge >= 0.3 is 12.1 Å². The van der Waals surface area contributed by atoms with Gasteiger partial charge in [-0.25, -0.2) is 4.79 Å². The SMILES string of the molecule is CC(C)(C)OC(=O)N[C@H]1CCC[C@@H]1CC(=O)O. The zero-order valence-corrected chi connectivity index (χ0v) is 10.7. The van der Waals surface area contributed by atoms with Crippen LogP contribution in [-0.2, 0) is 9.53 Å². The van der Waals surface area contributed by atoms with Crippen molar-refractivity contribution in [3.63, 3.8) is 0 Å². The number of ether oxygens (including phenoxy) is 1. The number of carboxylic acid groups (broad SMARTS) is 1. The average Bonchev–Trinajstić information content (AvgIpc) is 2.47. The number of alkyl carbamates (subject to hydrolysis) is 1. The van der Waals surface area contributed by atoms with E-state index in [0.717, 1.165) is 19.3 Å². The molecular weight excluding hydrogens is 222 g/mol. The Labute approximate surface area is 102 Å². The molecule has 0 spiro atoms. The van der Waals surface area contributed by atoms with Crippen molar-refractivity contribution in [3.05, 3.63) is 0 Å². The smallest absolute Gasteiger partial charge is 0.407 e. The predicted octanol–water partition coefficient (Wildman–Crippen LogP) is 2.15. The highest BCUT2D eigenvalue weighted by atomic mass is 16.6. The van der Waals surface area contributed by atoms with Crippen molar-refractivity contribution in [2.45, 2.75) is 58.1 Å². The van der Waals surface area contributed by atoms with Gasteiger partial charge < -0.3 is 15.2 Å². The molecule has 0 saturated heterocycles. The quantitative estimate of drug-likeness (QED) is 0.796. The standard InChI is InChI=1S/C12H21NO4/c1-12(2,3)17-11(16)13-9-6-4-5-8(9)7-10(14)15/h8-9H,4-7H2,1-3H3,(H,13,16)(H,14,15)/t8-,9+/m1/s1. The molecule has 0 aromatic heterocycles. The maximum atomic E-state index is 11.6. The van der Waals surface area contributed by atoms with Gasteiger partial charge in [0.1, 0.15) is 5.60 Å². The van der Waals surface area contributed by atoms with Crippen LogP contribution in [0.25, 0.3) is 0 Å². The third kappa shape index (κ3) is 5.06. The number of hydrogen-bond acceptors (Lipinski definition) is 3. The average molecular weight is 243 g/mol. The van der Waals surface area contributed by atoms with E-state index in [9.17, 15) is 9.59 Å². The van der Waals surface area contributed by atoms with Gasteiger partial charge in [0.15, 0.2) is 0 Å². The van der Waals surface area contributed by atoms with Crippen LogP contribution >= 0.6 is 0 Å². The van der Waals surface area contributed by atoms with E-state index in [4.69, 9.17) is 9.84 Å². The highest BCUT2D eigenvalue weighted by molar-refractivity contribution is 5.69. The van der Waals surface area contributed by atoms with Crippen LogP contribution in [-0.4, -0.2) is 28.8 Å². The number of nitrogens with one attached hydrogen (secondary N) is 1. The first-order chi connectivity index (χ1) is 7.78. The lowest BCUT2D eigenvalue weighted by molar-refractivity contribution is -0.138. The van der Waals surface area contributed by atoms with Crippen LogP contribution in [0, 0.1) is 5.92 Å². The summed E-state index contributed by atoms with van der Waals surface area (Å²) in [6.45, 7) is 5.40. The number of aliphatic carboxylic acids is 1. The van der Waals surface area contributed by atoms with Crippen LogP contribution in [0.5, 0.6) is 0 Å². The molecule has 17 heavy (non-hydrogen) atoms. The second-order valence-corrected chi connectivity index (χ2v) is 5.54. The Bertz CT molecular complexity index is 295. The number of carbonyl (C=O) groups excluding carboxylic acids is 1. The van der Waals surface area contributed by atoms with Crippen LogP contribution in [0.1, 0.15) is 46.5 Å². The molecule has 0 radical (unpaired) electrons. The van der Waals surface area contributed by atoms with E-state index in [1.807, 2.05) is 0 Å². The second kappa shape index (κ2) is 5.38. The molecule has 0 aliphatic heterocycles. The second-order valence-electron chi connectivity index (χ2n) is 5.54. The first kappa shape index (κ1) is 13.8. The minimum absolute atomic E-state index is 0.0278. The van der Waals surface area contributed by atoms with Crippen molar-refractivity contribution in [1.82, 2.24) is 5.32 Å². The fourth-order valence-electron chi connectivity index (χ4n) is 2.15. The Hall–Kier alpha value is -1.26. The summed E-state index contributed by atoms with van der Waals surface area (Å²) in [5.74, 6) is -0.784. The zero-order valence-electron chi connectivity index (χ0n) is 10.7. The van der Waals surface area contributed by atoms with Crippen molar-refractivity contribution in [3.8, 4) is 0 Å². The Morgan fingerprint density at radius 1 is 1.35 bits per heavy atom. The molecule has 0 aromatic rings. The van der Waals surface area contributed by atoms with Crippen LogP contribution in [0.3, 0.4) is 0 Å². The third-order valence-electron chi connectivity index (χ3n) is 2.80. The molecule has 5 nitrogen and oxygen atoms in total. The van der Waals surface area contributed by atoms with Crippen LogP contribution in [0.4, 0.5) is 4.79 Å². The number of carboxylic acids is 1. The molecule has 0 heterocycles. The summed E-state index contributed by atoms with van der Waals surface area (Å²) >= 11 is 0.